The molecule has 0 aromatic heterocycles. The van der Waals surface area contributed by atoms with E-state index in [1.165, 1.54) is 6.08 Å². The Morgan fingerprint density at radius 2 is 2.38 bits per heavy atom. The molecule has 1 rings (SSSR count). The molecule has 1 heteroatoms. The smallest absolute Gasteiger partial charge is 0.104 e. The molecule has 0 saturated carbocycles. The summed E-state index contributed by atoms with van der Waals surface area (Å²) in [6, 6.07) is 0. The zero-order valence-electron chi connectivity index (χ0n) is 4.76. The Labute approximate surface area is 48.7 Å². The van der Waals surface area contributed by atoms with E-state index in [1.54, 1.807) is 12.5 Å². The van der Waals surface area contributed by atoms with Gasteiger partial charge in [-0.1, -0.05) is 19.1 Å². The standard InChI is InChI=1S/C7H8F/c1-6-3-2-4-7(8)5-6/h2-6H,1H3. The van der Waals surface area contributed by atoms with Crippen LogP contribution in [0, 0.1) is 12.3 Å². The number of rotatable bonds is 0. The average molecular weight is 111 g/mol. The topological polar surface area (TPSA) is 0 Å². The second kappa shape index (κ2) is 2.12. The number of allylic oxidation sites excluding steroid dienone is 4. The minimum atomic E-state index is -0.125. The monoisotopic (exact) mass is 111 g/mol. The largest absolute Gasteiger partial charge is 0.211 e. The summed E-state index contributed by atoms with van der Waals surface area (Å²) in [6.07, 6.45) is 6.73. The zero-order valence-corrected chi connectivity index (χ0v) is 4.76. The van der Waals surface area contributed by atoms with E-state index in [9.17, 15) is 4.39 Å². The van der Waals surface area contributed by atoms with E-state index in [0.717, 1.165) is 0 Å². The molecular weight excluding hydrogens is 103 g/mol. The maximum Gasteiger partial charge on any atom is 0.104 e. The Morgan fingerprint density at radius 1 is 1.62 bits per heavy atom. The van der Waals surface area contributed by atoms with Gasteiger partial charge in [0.2, 0.25) is 0 Å². The molecule has 0 fully saturated rings. The second-order valence-electron chi connectivity index (χ2n) is 1.96. The summed E-state index contributed by atoms with van der Waals surface area (Å²) < 4.78 is 12.2. The Balaban J connectivity index is 2.59. The van der Waals surface area contributed by atoms with Crippen molar-refractivity contribution in [3.8, 4) is 0 Å². The van der Waals surface area contributed by atoms with Gasteiger partial charge in [-0.2, -0.15) is 0 Å². The third-order valence-electron chi connectivity index (χ3n) is 1.09. The fourth-order valence-electron chi connectivity index (χ4n) is 0.685. The second-order valence-corrected chi connectivity index (χ2v) is 1.96. The lowest BCUT2D eigenvalue weighted by Crippen LogP contribution is -1.93. The van der Waals surface area contributed by atoms with E-state index < -0.39 is 0 Å². The predicted octanol–water partition coefficient (Wildman–Crippen LogP) is 2.25. The van der Waals surface area contributed by atoms with Gasteiger partial charge in [-0.15, -0.1) is 0 Å². The summed E-state index contributed by atoms with van der Waals surface area (Å²) in [6.45, 7) is 1.95. The molecule has 1 aliphatic carbocycles. The minimum Gasteiger partial charge on any atom is -0.211 e. The summed E-state index contributed by atoms with van der Waals surface area (Å²) in [4.78, 5) is 0. The van der Waals surface area contributed by atoms with E-state index in [1.807, 2.05) is 13.0 Å². The molecular formula is C7H8F. The van der Waals surface area contributed by atoms with Crippen LogP contribution in [-0.4, -0.2) is 0 Å². The SMILES string of the molecule is CC1[CH]C(F)=CC=C1. The molecule has 0 aromatic carbocycles. The number of hydrogen-bond donors (Lipinski definition) is 0. The van der Waals surface area contributed by atoms with Crippen LogP contribution in [0.15, 0.2) is 24.1 Å². The van der Waals surface area contributed by atoms with Crippen LogP contribution in [-0.2, 0) is 0 Å². The van der Waals surface area contributed by atoms with Crippen molar-refractivity contribution in [3.05, 3.63) is 30.5 Å². The van der Waals surface area contributed by atoms with Crippen molar-refractivity contribution >= 4 is 0 Å². The first-order chi connectivity index (χ1) is 3.79. The highest BCUT2D eigenvalue weighted by atomic mass is 19.1. The number of halogens is 1. The van der Waals surface area contributed by atoms with Crippen LogP contribution in [0.25, 0.3) is 0 Å². The Kier molecular flexibility index (Phi) is 1.47. The maximum absolute atomic E-state index is 12.2. The minimum absolute atomic E-state index is 0.125. The van der Waals surface area contributed by atoms with Gasteiger partial charge < -0.3 is 0 Å². The van der Waals surface area contributed by atoms with Crippen LogP contribution in [0.5, 0.6) is 0 Å². The van der Waals surface area contributed by atoms with Crippen molar-refractivity contribution in [1.29, 1.82) is 0 Å². The van der Waals surface area contributed by atoms with E-state index in [2.05, 4.69) is 0 Å². The van der Waals surface area contributed by atoms with Crippen LogP contribution >= 0.6 is 0 Å². The molecule has 43 valence electrons. The summed E-state index contributed by atoms with van der Waals surface area (Å²) >= 11 is 0. The van der Waals surface area contributed by atoms with Gasteiger partial charge in [-0.3, -0.25) is 0 Å². The molecule has 0 nitrogen and oxygen atoms in total. The lowest BCUT2D eigenvalue weighted by atomic mass is 10.0. The van der Waals surface area contributed by atoms with Gasteiger partial charge in [-0.25, -0.2) is 4.39 Å². The van der Waals surface area contributed by atoms with Crippen molar-refractivity contribution in [2.75, 3.05) is 0 Å². The van der Waals surface area contributed by atoms with Gasteiger partial charge >= 0.3 is 0 Å². The normalized spacial score (nSPS) is 27.8. The van der Waals surface area contributed by atoms with Crippen molar-refractivity contribution < 1.29 is 4.39 Å². The zero-order chi connectivity index (χ0) is 5.98. The molecule has 1 aliphatic rings. The van der Waals surface area contributed by atoms with E-state index in [4.69, 9.17) is 0 Å². The quantitative estimate of drug-likeness (QED) is 0.449. The van der Waals surface area contributed by atoms with Crippen LogP contribution in [0.2, 0.25) is 0 Å². The summed E-state index contributed by atoms with van der Waals surface area (Å²) in [5, 5.41) is 0. The van der Waals surface area contributed by atoms with Crippen LogP contribution in [0.1, 0.15) is 6.92 Å². The molecule has 1 radical (unpaired) electrons. The predicted molar refractivity (Wildman–Crippen MR) is 31.8 cm³/mol. The molecule has 0 aromatic rings. The lowest BCUT2D eigenvalue weighted by Gasteiger charge is -2.05. The molecule has 0 amide bonds. The fourth-order valence-corrected chi connectivity index (χ4v) is 0.685. The van der Waals surface area contributed by atoms with Gasteiger partial charge in [0.1, 0.15) is 5.83 Å². The molecule has 1 unspecified atom stereocenters. The Morgan fingerprint density at radius 3 is 2.75 bits per heavy atom. The molecule has 0 saturated heterocycles. The van der Waals surface area contributed by atoms with Crippen LogP contribution < -0.4 is 0 Å². The molecule has 0 N–H and O–H groups in total. The van der Waals surface area contributed by atoms with Crippen molar-refractivity contribution in [1.82, 2.24) is 0 Å². The van der Waals surface area contributed by atoms with E-state index in [0.29, 0.717) is 0 Å². The highest BCUT2D eigenvalue weighted by Crippen LogP contribution is 2.16. The molecule has 1 atom stereocenters. The molecule has 0 bridgehead atoms. The summed E-state index contributed by atoms with van der Waals surface area (Å²) in [5.41, 5.74) is 0. The van der Waals surface area contributed by atoms with Gasteiger partial charge in [0.25, 0.3) is 0 Å². The first kappa shape index (κ1) is 5.54. The van der Waals surface area contributed by atoms with Gasteiger partial charge in [-0.05, 0) is 12.0 Å². The molecule has 0 aliphatic heterocycles. The van der Waals surface area contributed by atoms with Crippen molar-refractivity contribution in [3.63, 3.8) is 0 Å². The van der Waals surface area contributed by atoms with Gasteiger partial charge in [0, 0.05) is 6.42 Å². The van der Waals surface area contributed by atoms with E-state index >= 15 is 0 Å². The van der Waals surface area contributed by atoms with Gasteiger partial charge in [0.15, 0.2) is 0 Å². The van der Waals surface area contributed by atoms with Crippen LogP contribution in [0.4, 0.5) is 4.39 Å². The Hall–Kier alpha value is -0.590. The van der Waals surface area contributed by atoms with Crippen molar-refractivity contribution in [2.45, 2.75) is 6.92 Å². The molecule has 0 heterocycles. The summed E-state index contributed by atoms with van der Waals surface area (Å²) in [7, 11) is 0. The first-order valence-corrected chi connectivity index (χ1v) is 2.68. The highest BCUT2D eigenvalue weighted by Gasteiger charge is 2.04. The number of hydrogen-bond acceptors (Lipinski definition) is 0. The lowest BCUT2D eigenvalue weighted by molar-refractivity contribution is 0.614. The molecule has 0 spiro atoms. The van der Waals surface area contributed by atoms with Gasteiger partial charge in [0.05, 0.1) is 0 Å². The fraction of sp³-hybridized carbons (Fsp3) is 0.286. The third kappa shape index (κ3) is 1.19. The highest BCUT2D eigenvalue weighted by molar-refractivity contribution is 5.22. The maximum atomic E-state index is 12.2. The van der Waals surface area contributed by atoms with Crippen molar-refractivity contribution in [2.24, 2.45) is 5.92 Å². The first-order valence-electron chi connectivity index (χ1n) is 2.68. The van der Waals surface area contributed by atoms with Crippen LogP contribution in [0.3, 0.4) is 0 Å². The molecule has 8 heavy (non-hydrogen) atoms. The third-order valence-corrected chi connectivity index (χ3v) is 1.09. The summed E-state index contributed by atoms with van der Waals surface area (Å²) in [5.74, 6) is 0.139. The van der Waals surface area contributed by atoms with E-state index in [-0.39, 0.29) is 11.7 Å². The Bertz CT molecular complexity index is 133. The average Bonchev–Trinajstić information content (AvgIpc) is 1.64.